The van der Waals surface area contributed by atoms with Crippen molar-refractivity contribution in [3.8, 4) is 0 Å². The van der Waals surface area contributed by atoms with Crippen LogP contribution in [0.4, 0.5) is 5.69 Å². The van der Waals surface area contributed by atoms with Crippen LogP contribution in [0.15, 0.2) is 36.8 Å². The summed E-state index contributed by atoms with van der Waals surface area (Å²) in [7, 11) is 1.49. The first-order chi connectivity index (χ1) is 12.3. The van der Waals surface area contributed by atoms with Crippen molar-refractivity contribution in [2.24, 2.45) is 7.05 Å². The van der Waals surface area contributed by atoms with E-state index in [0.29, 0.717) is 22.3 Å². The van der Waals surface area contributed by atoms with Crippen LogP contribution in [-0.2, 0) is 13.6 Å². The molecule has 1 amide bonds. The first-order valence-electron chi connectivity index (χ1n) is 7.38. The molecule has 2 aromatic heterocycles. The molecule has 0 aliphatic heterocycles. The number of benzene rings is 1. The maximum absolute atomic E-state index is 12.4. The van der Waals surface area contributed by atoms with E-state index in [-0.39, 0.29) is 11.3 Å². The first-order valence-corrected chi connectivity index (χ1v) is 8.14. The number of amides is 1. The van der Waals surface area contributed by atoms with Crippen LogP contribution in [0, 0.1) is 0 Å². The number of nitrogens with one attached hydrogen (secondary N) is 1. The second-order valence-corrected chi connectivity index (χ2v) is 6.30. The third-order valence-corrected chi connectivity index (χ3v) is 4.21. The van der Waals surface area contributed by atoms with Crippen LogP contribution in [0.5, 0.6) is 0 Å². The molecule has 0 saturated carbocycles. The molecule has 0 fully saturated rings. The molecule has 10 heteroatoms. The molecule has 2 N–H and O–H groups in total. The van der Waals surface area contributed by atoms with Crippen molar-refractivity contribution in [3.63, 3.8) is 0 Å². The molecule has 0 aliphatic rings. The average Bonchev–Trinajstić information content (AvgIpc) is 3.16. The summed E-state index contributed by atoms with van der Waals surface area (Å²) in [6.07, 6.45) is 4.20. The Kier molecular flexibility index (Phi) is 4.97. The number of halogens is 2. The van der Waals surface area contributed by atoms with Gasteiger partial charge < -0.3 is 10.4 Å². The van der Waals surface area contributed by atoms with E-state index >= 15 is 0 Å². The number of aryl methyl sites for hydroxylation is 1. The molecular formula is C16H13Cl2N5O3. The Morgan fingerprint density at radius 1 is 1.23 bits per heavy atom. The molecule has 26 heavy (non-hydrogen) atoms. The number of carbonyl (C=O) groups is 2. The number of anilines is 1. The summed E-state index contributed by atoms with van der Waals surface area (Å²) in [6.45, 7) is 0.387. The summed E-state index contributed by atoms with van der Waals surface area (Å²) < 4.78 is 2.79. The summed E-state index contributed by atoms with van der Waals surface area (Å²) >= 11 is 12.0. The minimum Gasteiger partial charge on any atom is -0.478 e. The van der Waals surface area contributed by atoms with Crippen LogP contribution in [0.25, 0.3) is 0 Å². The predicted molar refractivity (Wildman–Crippen MR) is 95.9 cm³/mol. The molecular weight excluding hydrogens is 381 g/mol. The van der Waals surface area contributed by atoms with E-state index in [1.165, 1.54) is 17.9 Å². The number of nitrogens with zero attached hydrogens (tertiary/aromatic N) is 4. The minimum absolute atomic E-state index is 0.0500. The number of carboxylic acid groups (broad SMARTS) is 1. The fraction of sp³-hybridized carbons (Fsp3) is 0.125. The van der Waals surface area contributed by atoms with Gasteiger partial charge in [-0.25, -0.2) is 4.79 Å². The van der Waals surface area contributed by atoms with Crippen molar-refractivity contribution in [3.05, 3.63) is 63.7 Å². The molecule has 0 atom stereocenters. The van der Waals surface area contributed by atoms with Crippen LogP contribution in [0.1, 0.15) is 26.4 Å². The van der Waals surface area contributed by atoms with Gasteiger partial charge in [-0.1, -0.05) is 29.3 Å². The Labute approximate surface area is 157 Å². The molecule has 134 valence electrons. The van der Waals surface area contributed by atoms with E-state index in [2.05, 4.69) is 15.5 Å². The van der Waals surface area contributed by atoms with E-state index in [1.54, 1.807) is 29.1 Å². The molecule has 0 radical (unpaired) electrons. The topological polar surface area (TPSA) is 102 Å². The van der Waals surface area contributed by atoms with Crippen molar-refractivity contribution in [1.82, 2.24) is 19.6 Å². The lowest BCUT2D eigenvalue weighted by Gasteiger charge is -2.05. The predicted octanol–water partition coefficient (Wildman–Crippen LogP) is 2.92. The monoisotopic (exact) mass is 393 g/mol. The third kappa shape index (κ3) is 3.71. The number of rotatable bonds is 5. The molecule has 0 bridgehead atoms. The second-order valence-electron chi connectivity index (χ2n) is 5.45. The molecule has 0 saturated heterocycles. The summed E-state index contributed by atoms with van der Waals surface area (Å²) in [5, 5.41) is 20.8. The van der Waals surface area contributed by atoms with Gasteiger partial charge in [0.1, 0.15) is 11.3 Å². The highest BCUT2D eigenvalue weighted by atomic mass is 35.5. The molecule has 0 unspecified atom stereocenters. The zero-order valence-corrected chi connectivity index (χ0v) is 15.0. The van der Waals surface area contributed by atoms with Gasteiger partial charge in [0.25, 0.3) is 5.91 Å². The number of hydrogen-bond donors (Lipinski definition) is 2. The lowest BCUT2D eigenvalue weighted by atomic mass is 10.2. The third-order valence-electron chi connectivity index (χ3n) is 3.62. The lowest BCUT2D eigenvalue weighted by molar-refractivity contribution is 0.0692. The van der Waals surface area contributed by atoms with E-state index in [4.69, 9.17) is 28.3 Å². The summed E-state index contributed by atoms with van der Waals surface area (Å²) in [5.74, 6) is -1.82. The fourth-order valence-electron chi connectivity index (χ4n) is 2.39. The quantitative estimate of drug-likeness (QED) is 0.693. The van der Waals surface area contributed by atoms with Crippen molar-refractivity contribution in [2.75, 3.05) is 5.32 Å². The van der Waals surface area contributed by atoms with Crippen molar-refractivity contribution in [2.45, 2.75) is 6.54 Å². The number of hydrogen-bond acceptors (Lipinski definition) is 4. The van der Waals surface area contributed by atoms with Gasteiger partial charge in [0, 0.05) is 23.3 Å². The zero-order valence-electron chi connectivity index (χ0n) is 13.5. The molecule has 0 spiro atoms. The Morgan fingerprint density at radius 2 is 2.00 bits per heavy atom. The highest BCUT2D eigenvalue weighted by Gasteiger charge is 2.22. The van der Waals surface area contributed by atoms with Gasteiger partial charge in [0.05, 0.1) is 24.6 Å². The molecule has 8 nitrogen and oxygen atoms in total. The highest BCUT2D eigenvalue weighted by Crippen LogP contribution is 2.22. The standard InChI is InChI=1S/C16H13Cl2N5O3/c1-22-14(12(6-19-22)16(25)26)15(24)21-11-5-20-23(8-11)7-9-2-3-10(17)4-13(9)18/h2-6,8H,7H2,1H3,(H,21,24)(H,25,26). The van der Waals surface area contributed by atoms with Crippen molar-refractivity contribution < 1.29 is 14.7 Å². The Bertz CT molecular complexity index is 996. The van der Waals surface area contributed by atoms with Gasteiger partial charge in [-0.05, 0) is 17.7 Å². The molecule has 3 aromatic rings. The normalized spacial score (nSPS) is 10.7. The van der Waals surface area contributed by atoms with Gasteiger partial charge in [-0.15, -0.1) is 0 Å². The zero-order chi connectivity index (χ0) is 18.8. The van der Waals surface area contributed by atoms with E-state index in [1.807, 2.05) is 0 Å². The maximum Gasteiger partial charge on any atom is 0.339 e. The molecule has 0 aliphatic carbocycles. The van der Waals surface area contributed by atoms with Crippen LogP contribution >= 0.6 is 23.2 Å². The maximum atomic E-state index is 12.4. The fourth-order valence-corrected chi connectivity index (χ4v) is 2.86. The Morgan fingerprint density at radius 3 is 2.69 bits per heavy atom. The van der Waals surface area contributed by atoms with Gasteiger partial charge in [-0.2, -0.15) is 10.2 Å². The lowest BCUT2D eigenvalue weighted by Crippen LogP contribution is -2.19. The first kappa shape index (κ1) is 18.0. The van der Waals surface area contributed by atoms with Crippen molar-refractivity contribution >= 4 is 40.8 Å². The number of aromatic carboxylic acids is 1. The summed E-state index contributed by atoms with van der Waals surface area (Å²) in [5.41, 5.74) is 1.01. The second kappa shape index (κ2) is 7.19. The molecule has 1 aromatic carbocycles. The Balaban J connectivity index is 1.75. The van der Waals surface area contributed by atoms with Gasteiger partial charge in [0.2, 0.25) is 0 Å². The van der Waals surface area contributed by atoms with E-state index in [0.717, 1.165) is 11.8 Å². The minimum atomic E-state index is -1.23. The largest absolute Gasteiger partial charge is 0.478 e. The van der Waals surface area contributed by atoms with Crippen LogP contribution in [0.2, 0.25) is 10.0 Å². The smallest absolute Gasteiger partial charge is 0.339 e. The van der Waals surface area contributed by atoms with Crippen molar-refractivity contribution in [1.29, 1.82) is 0 Å². The average molecular weight is 394 g/mol. The van der Waals surface area contributed by atoms with Gasteiger partial charge in [-0.3, -0.25) is 14.2 Å². The van der Waals surface area contributed by atoms with E-state index < -0.39 is 11.9 Å². The van der Waals surface area contributed by atoms with E-state index in [9.17, 15) is 9.59 Å². The Hall–Kier alpha value is -2.84. The SMILES string of the molecule is Cn1ncc(C(=O)O)c1C(=O)Nc1cnn(Cc2ccc(Cl)cc2Cl)c1. The number of aromatic nitrogens is 4. The summed E-state index contributed by atoms with van der Waals surface area (Å²) in [6, 6.07) is 5.16. The molecule has 2 heterocycles. The van der Waals surface area contributed by atoms with Gasteiger partial charge in [0.15, 0.2) is 0 Å². The highest BCUT2D eigenvalue weighted by molar-refractivity contribution is 6.35. The van der Waals surface area contributed by atoms with Crippen LogP contribution in [0.3, 0.4) is 0 Å². The summed E-state index contributed by atoms with van der Waals surface area (Å²) in [4.78, 5) is 23.6. The number of carboxylic acids is 1. The van der Waals surface area contributed by atoms with Crippen LogP contribution < -0.4 is 5.32 Å². The van der Waals surface area contributed by atoms with Crippen LogP contribution in [-0.4, -0.2) is 36.5 Å². The number of carbonyl (C=O) groups excluding carboxylic acids is 1. The van der Waals surface area contributed by atoms with Gasteiger partial charge >= 0.3 is 5.97 Å². The molecule has 3 rings (SSSR count).